The van der Waals surface area contributed by atoms with E-state index in [4.69, 9.17) is 5.11 Å². The molecule has 1 unspecified atom stereocenters. The number of aromatic amines is 1. The van der Waals surface area contributed by atoms with E-state index < -0.39 is 22.0 Å². The molecule has 0 saturated heterocycles. The first-order valence-corrected chi connectivity index (χ1v) is 6.13. The van der Waals surface area contributed by atoms with Crippen LogP contribution in [0, 0.1) is 0 Å². The fourth-order valence-electron chi connectivity index (χ4n) is 1.12. The molecular weight excluding hydrogens is 234 g/mol. The van der Waals surface area contributed by atoms with Gasteiger partial charge in [-0.2, -0.15) is 5.10 Å². The van der Waals surface area contributed by atoms with Gasteiger partial charge in [-0.25, -0.2) is 13.1 Å². The lowest BCUT2D eigenvalue weighted by molar-refractivity contribution is -0.137. The third-order valence-electron chi connectivity index (χ3n) is 1.93. The fourth-order valence-corrected chi connectivity index (χ4v) is 2.30. The molecule has 1 aromatic rings. The lowest BCUT2D eigenvalue weighted by Crippen LogP contribution is -2.32. The molecule has 0 aliphatic carbocycles. The number of rotatable bonds is 6. The normalized spacial score (nSPS) is 13.6. The van der Waals surface area contributed by atoms with Gasteiger partial charge in [0, 0.05) is 18.7 Å². The lowest BCUT2D eigenvalue weighted by Gasteiger charge is -2.11. The Labute approximate surface area is 92.9 Å². The molecule has 0 saturated carbocycles. The summed E-state index contributed by atoms with van der Waals surface area (Å²) in [6, 6.07) is -0.434. The SMILES string of the molecule is CC(CCC(=O)O)NS(=O)(=O)c1cn[nH]c1. The van der Waals surface area contributed by atoms with Gasteiger partial charge in [0.05, 0.1) is 6.20 Å². The van der Waals surface area contributed by atoms with Crippen LogP contribution in [-0.2, 0) is 14.8 Å². The number of aliphatic carboxylic acids is 1. The summed E-state index contributed by atoms with van der Waals surface area (Å²) in [5.74, 6) is -0.950. The van der Waals surface area contributed by atoms with E-state index in [0.717, 1.165) is 0 Å². The predicted octanol–water partition coefficient (Wildman–Crippen LogP) is -0.0587. The molecule has 0 amide bonds. The van der Waals surface area contributed by atoms with Gasteiger partial charge in [0.25, 0.3) is 0 Å². The average Bonchev–Trinajstić information content (AvgIpc) is 2.67. The number of aromatic nitrogens is 2. The molecule has 0 radical (unpaired) electrons. The average molecular weight is 247 g/mol. The zero-order valence-electron chi connectivity index (χ0n) is 8.67. The maximum Gasteiger partial charge on any atom is 0.303 e. The number of nitrogens with zero attached hydrogens (tertiary/aromatic N) is 1. The van der Waals surface area contributed by atoms with Crippen molar-refractivity contribution in [2.45, 2.75) is 30.7 Å². The molecule has 90 valence electrons. The number of hydrogen-bond donors (Lipinski definition) is 3. The van der Waals surface area contributed by atoms with Crippen LogP contribution in [0.4, 0.5) is 0 Å². The number of nitrogens with one attached hydrogen (secondary N) is 2. The van der Waals surface area contributed by atoms with E-state index in [1.54, 1.807) is 6.92 Å². The number of hydrogen-bond acceptors (Lipinski definition) is 4. The predicted molar refractivity (Wildman–Crippen MR) is 55.2 cm³/mol. The summed E-state index contributed by atoms with van der Waals surface area (Å²) in [6.07, 6.45) is 2.61. The second-order valence-corrected chi connectivity index (χ2v) is 5.10. The van der Waals surface area contributed by atoms with Crippen LogP contribution in [0.2, 0.25) is 0 Å². The van der Waals surface area contributed by atoms with Crippen LogP contribution in [-0.4, -0.2) is 35.7 Å². The zero-order valence-corrected chi connectivity index (χ0v) is 9.49. The van der Waals surface area contributed by atoms with Crippen molar-refractivity contribution in [2.24, 2.45) is 0 Å². The van der Waals surface area contributed by atoms with E-state index in [1.807, 2.05) is 0 Å². The standard InChI is InChI=1S/C8H13N3O4S/c1-6(2-3-8(12)13)11-16(14,15)7-4-9-10-5-7/h4-6,11H,2-3H2,1H3,(H,9,10)(H,12,13). The highest BCUT2D eigenvalue weighted by atomic mass is 32.2. The summed E-state index contributed by atoms with van der Waals surface area (Å²) in [5.41, 5.74) is 0. The van der Waals surface area contributed by atoms with E-state index in [0.29, 0.717) is 0 Å². The highest BCUT2D eigenvalue weighted by Crippen LogP contribution is 2.07. The largest absolute Gasteiger partial charge is 0.481 e. The molecule has 7 nitrogen and oxygen atoms in total. The first-order chi connectivity index (χ1) is 7.42. The van der Waals surface area contributed by atoms with Gasteiger partial charge in [0.15, 0.2) is 0 Å². The first-order valence-electron chi connectivity index (χ1n) is 4.64. The molecule has 1 aromatic heterocycles. The Hall–Kier alpha value is -1.41. The Balaban J connectivity index is 2.57. The molecule has 0 aromatic carbocycles. The van der Waals surface area contributed by atoms with Crippen molar-refractivity contribution >= 4 is 16.0 Å². The van der Waals surface area contributed by atoms with Crippen molar-refractivity contribution in [3.05, 3.63) is 12.4 Å². The van der Waals surface area contributed by atoms with Crippen molar-refractivity contribution in [1.82, 2.24) is 14.9 Å². The van der Waals surface area contributed by atoms with Crippen LogP contribution < -0.4 is 4.72 Å². The summed E-state index contributed by atoms with van der Waals surface area (Å²) < 4.78 is 25.6. The fraction of sp³-hybridized carbons (Fsp3) is 0.500. The summed E-state index contributed by atoms with van der Waals surface area (Å²) in [5, 5.41) is 14.4. The molecule has 16 heavy (non-hydrogen) atoms. The van der Waals surface area contributed by atoms with E-state index in [9.17, 15) is 13.2 Å². The number of sulfonamides is 1. The zero-order chi connectivity index (χ0) is 12.2. The number of carboxylic acid groups (broad SMARTS) is 1. The van der Waals surface area contributed by atoms with Gasteiger partial charge < -0.3 is 5.11 Å². The Morgan fingerprint density at radius 1 is 1.69 bits per heavy atom. The second-order valence-electron chi connectivity index (χ2n) is 3.39. The summed E-state index contributed by atoms with van der Waals surface area (Å²) in [7, 11) is -3.60. The van der Waals surface area contributed by atoms with Crippen LogP contribution in [0.3, 0.4) is 0 Å². The third kappa shape index (κ3) is 3.63. The molecule has 0 aliphatic rings. The first kappa shape index (κ1) is 12.7. The Morgan fingerprint density at radius 2 is 2.38 bits per heavy atom. The van der Waals surface area contributed by atoms with E-state index in [-0.39, 0.29) is 17.7 Å². The maximum absolute atomic E-state index is 11.6. The van der Waals surface area contributed by atoms with E-state index in [1.165, 1.54) is 12.4 Å². The maximum atomic E-state index is 11.6. The molecular formula is C8H13N3O4S. The van der Waals surface area contributed by atoms with Crippen molar-refractivity contribution in [2.75, 3.05) is 0 Å². The van der Waals surface area contributed by atoms with E-state index >= 15 is 0 Å². The Bertz CT molecular complexity index is 440. The van der Waals surface area contributed by atoms with Crippen molar-refractivity contribution < 1.29 is 18.3 Å². The summed E-state index contributed by atoms with van der Waals surface area (Å²) in [4.78, 5) is 10.3. The molecule has 0 spiro atoms. The number of carbonyl (C=O) groups is 1. The molecule has 8 heteroatoms. The van der Waals surface area contributed by atoms with Crippen LogP contribution in [0.15, 0.2) is 17.3 Å². The highest BCUT2D eigenvalue weighted by molar-refractivity contribution is 7.89. The van der Waals surface area contributed by atoms with Gasteiger partial charge in [-0.05, 0) is 13.3 Å². The third-order valence-corrected chi connectivity index (χ3v) is 3.49. The van der Waals surface area contributed by atoms with Gasteiger partial charge in [0.2, 0.25) is 10.0 Å². The van der Waals surface area contributed by atoms with Crippen molar-refractivity contribution in [1.29, 1.82) is 0 Å². The van der Waals surface area contributed by atoms with Crippen LogP contribution >= 0.6 is 0 Å². The smallest absolute Gasteiger partial charge is 0.303 e. The topological polar surface area (TPSA) is 112 Å². The minimum atomic E-state index is -3.60. The lowest BCUT2D eigenvalue weighted by atomic mass is 10.2. The number of carboxylic acids is 1. The number of H-pyrrole nitrogens is 1. The van der Waals surface area contributed by atoms with Gasteiger partial charge in [-0.3, -0.25) is 9.89 Å². The quantitative estimate of drug-likeness (QED) is 0.652. The second kappa shape index (κ2) is 5.08. The van der Waals surface area contributed by atoms with Crippen LogP contribution in [0.5, 0.6) is 0 Å². The molecule has 1 heterocycles. The van der Waals surface area contributed by atoms with Gasteiger partial charge in [0.1, 0.15) is 4.90 Å². The van der Waals surface area contributed by atoms with Crippen molar-refractivity contribution in [3.63, 3.8) is 0 Å². The summed E-state index contributed by atoms with van der Waals surface area (Å²) >= 11 is 0. The van der Waals surface area contributed by atoms with Crippen LogP contribution in [0.1, 0.15) is 19.8 Å². The molecule has 1 rings (SSSR count). The highest BCUT2D eigenvalue weighted by Gasteiger charge is 2.18. The van der Waals surface area contributed by atoms with Gasteiger partial charge in [-0.15, -0.1) is 0 Å². The van der Waals surface area contributed by atoms with Gasteiger partial charge in [-0.1, -0.05) is 0 Å². The Kier molecular flexibility index (Phi) is 4.02. The molecule has 1 atom stereocenters. The molecule has 3 N–H and O–H groups in total. The minimum absolute atomic E-state index is 0.0367. The molecule has 0 aliphatic heterocycles. The minimum Gasteiger partial charge on any atom is -0.481 e. The van der Waals surface area contributed by atoms with E-state index in [2.05, 4.69) is 14.9 Å². The van der Waals surface area contributed by atoms with Crippen LogP contribution in [0.25, 0.3) is 0 Å². The van der Waals surface area contributed by atoms with Crippen molar-refractivity contribution in [3.8, 4) is 0 Å². The monoisotopic (exact) mass is 247 g/mol. The molecule has 0 bridgehead atoms. The Morgan fingerprint density at radius 3 is 2.88 bits per heavy atom. The van der Waals surface area contributed by atoms with Gasteiger partial charge >= 0.3 is 5.97 Å². The molecule has 0 fully saturated rings. The summed E-state index contributed by atoms with van der Waals surface area (Å²) in [6.45, 7) is 1.61.